The van der Waals surface area contributed by atoms with Gasteiger partial charge in [-0.3, -0.25) is 4.99 Å². The van der Waals surface area contributed by atoms with Crippen LogP contribution in [0.25, 0.3) is 5.57 Å². The van der Waals surface area contributed by atoms with E-state index in [0.29, 0.717) is 0 Å². The Morgan fingerprint density at radius 2 is 1.51 bits per heavy atom. The maximum absolute atomic E-state index is 9.82. The fourth-order valence-electron chi connectivity index (χ4n) is 3.75. The molecule has 1 aromatic rings. The predicted molar refractivity (Wildman–Crippen MR) is 188 cm³/mol. The molecule has 1 aromatic carbocycles. The molecule has 3 rings (SSSR count). The molecule has 1 nitrogen and oxygen atoms in total. The average Bonchev–Trinajstić information content (AvgIpc) is 3.91. The lowest BCUT2D eigenvalue weighted by molar-refractivity contribution is 0.384. The minimum Gasteiger partial charge on any atom is -0.269 e. The summed E-state index contributed by atoms with van der Waals surface area (Å²) < 4.78 is 9.82. The van der Waals surface area contributed by atoms with Crippen molar-refractivity contribution < 1.29 is 4.39 Å². The van der Waals surface area contributed by atoms with Crippen LogP contribution in [0.2, 0.25) is 0 Å². The molecule has 2 heteroatoms. The van der Waals surface area contributed by atoms with Gasteiger partial charge in [0.1, 0.15) is 6.17 Å². The first-order valence-corrected chi connectivity index (χ1v) is 15.8. The zero-order valence-corrected chi connectivity index (χ0v) is 28.2. The lowest BCUT2D eigenvalue weighted by atomic mass is 9.83. The molecule has 0 aromatic heterocycles. The lowest BCUT2D eigenvalue weighted by Crippen LogP contribution is -2.08. The molecule has 2 aliphatic carbocycles. The van der Waals surface area contributed by atoms with Gasteiger partial charge in [0.05, 0.1) is 0 Å². The number of hydrogen-bond donors (Lipinski definition) is 0. The van der Waals surface area contributed by atoms with Crippen LogP contribution in [-0.2, 0) is 6.42 Å². The molecule has 0 aliphatic heterocycles. The minimum atomic E-state index is 0.750. The fraction of sp³-hybridized carbons (Fsp3) is 0.513. The summed E-state index contributed by atoms with van der Waals surface area (Å²) in [5.74, 6) is 0.894. The van der Waals surface area contributed by atoms with E-state index >= 15 is 0 Å². The summed E-state index contributed by atoms with van der Waals surface area (Å²) >= 11 is 0. The molecular weight excluding hydrogens is 501 g/mol. The molecule has 0 saturated heterocycles. The first-order valence-electron chi connectivity index (χ1n) is 15.8. The van der Waals surface area contributed by atoms with Gasteiger partial charge in [-0.1, -0.05) is 133 Å². The Morgan fingerprint density at radius 1 is 1.00 bits per heavy atom. The first-order chi connectivity index (χ1) is 19.9. The van der Waals surface area contributed by atoms with Crippen LogP contribution in [0.5, 0.6) is 0 Å². The maximum atomic E-state index is 9.82. The highest BCUT2D eigenvalue weighted by Crippen LogP contribution is 2.30. The Morgan fingerprint density at radius 3 is 1.85 bits per heavy atom. The summed E-state index contributed by atoms with van der Waals surface area (Å²) in [6.07, 6.45) is 28.5. The van der Waals surface area contributed by atoms with Crippen molar-refractivity contribution in [2.24, 2.45) is 10.9 Å². The summed E-state index contributed by atoms with van der Waals surface area (Å²) in [6, 6.07) is 9.15. The normalized spacial score (nSPS) is 14.6. The van der Waals surface area contributed by atoms with Crippen molar-refractivity contribution in [2.45, 2.75) is 127 Å². The van der Waals surface area contributed by atoms with Crippen molar-refractivity contribution in [3.63, 3.8) is 0 Å². The van der Waals surface area contributed by atoms with Crippen molar-refractivity contribution in [1.82, 2.24) is 0 Å². The summed E-state index contributed by atoms with van der Waals surface area (Å²) in [5.41, 5.74) is 7.87. The molecule has 0 atom stereocenters. The van der Waals surface area contributed by atoms with Gasteiger partial charge in [-0.2, -0.15) is 0 Å². The van der Waals surface area contributed by atoms with Gasteiger partial charge >= 0.3 is 0 Å². The van der Waals surface area contributed by atoms with E-state index in [9.17, 15) is 4.39 Å². The van der Waals surface area contributed by atoms with Crippen molar-refractivity contribution in [1.29, 1.82) is 0 Å². The Kier molecular flexibility index (Phi) is 32.8. The fourth-order valence-corrected chi connectivity index (χ4v) is 3.75. The molecule has 0 bridgehead atoms. The van der Waals surface area contributed by atoms with Crippen molar-refractivity contribution in [3.05, 3.63) is 89.2 Å². The number of aliphatic imine (C=N–C) groups is 1. The van der Waals surface area contributed by atoms with Crippen LogP contribution in [0, 0.1) is 18.5 Å². The third-order valence-corrected chi connectivity index (χ3v) is 6.38. The standard InChI is InChI=1S/C24H32.C6H11N.C3H6.C2HF.2C2H6/c1-5-7-24(18-19(3)6-2)23-16-14-22(15-17-23)13-12-21-10-8-20(4)9-11-21;1-4-6(5-2)7-3;1-2-3-1;1-2-3;2*1-2/h5-7,14-18,21H,4,8-13H2,1-3H3;4H,3,5H2,1-2H3;1-3H2;1H;2*1-2H3/b7-5+,19-6-,24-18+;6-4-;;;;. The van der Waals surface area contributed by atoms with Gasteiger partial charge in [0, 0.05) is 5.70 Å². The summed E-state index contributed by atoms with van der Waals surface area (Å²) in [7, 11) is 0. The SMILES string of the molecule is C#CF.C1CC1.C=C1CCC(CCc2ccc(C(/C=C/C)=C/C(C)=C\C)cc2)CC1.C=N/C(=C\C)CC.CC.CC. The maximum Gasteiger partial charge on any atom is 0.102 e. The van der Waals surface area contributed by atoms with E-state index in [4.69, 9.17) is 0 Å². The van der Waals surface area contributed by atoms with Crippen LogP contribution in [0.15, 0.2) is 83.1 Å². The molecule has 0 N–H and O–H groups in total. The largest absolute Gasteiger partial charge is 0.269 e. The number of rotatable bonds is 8. The second-order valence-electron chi connectivity index (χ2n) is 9.52. The highest BCUT2D eigenvalue weighted by molar-refractivity contribution is 5.76. The lowest BCUT2D eigenvalue weighted by Gasteiger charge is -2.23. The quantitative estimate of drug-likeness (QED) is 0.129. The third kappa shape index (κ3) is 25.8. The third-order valence-electron chi connectivity index (χ3n) is 6.38. The zero-order valence-electron chi connectivity index (χ0n) is 28.2. The number of halogens is 1. The van der Waals surface area contributed by atoms with Crippen LogP contribution in [0.3, 0.4) is 0 Å². The highest BCUT2D eigenvalue weighted by Gasteiger charge is 2.15. The molecular formula is C39H62FN. The molecule has 0 radical (unpaired) electrons. The number of benzene rings is 1. The van der Waals surface area contributed by atoms with E-state index in [1.54, 1.807) is 0 Å². The van der Waals surface area contributed by atoms with Gasteiger partial charge < -0.3 is 0 Å². The molecule has 0 spiro atoms. The Balaban J connectivity index is -0.000000695. The Labute approximate surface area is 255 Å². The van der Waals surface area contributed by atoms with Crippen LogP contribution < -0.4 is 0 Å². The van der Waals surface area contributed by atoms with E-state index < -0.39 is 0 Å². The molecule has 0 unspecified atom stereocenters. The topological polar surface area (TPSA) is 12.4 Å². The summed E-state index contributed by atoms with van der Waals surface area (Å²) in [6.45, 7) is 25.8. The summed E-state index contributed by atoms with van der Waals surface area (Å²) in [4.78, 5) is 3.74. The van der Waals surface area contributed by atoms with E-state index in [-0.39, 0.29) is 0 Å². The molecule has 0 heterocycles. The van der Waals surface area contributed by atoms with E-state index in [1.807, 2.05) is 40.7 Å². The van der Waals surface area contributed by atoms with E-state index in [0.717, 1.165) is 24.2 Å². The number of aryl methyl sites for hydroxylation is 1. The van der Waals surface area contributed by atoms with Crippen molar-refractivity contribution in [3.8, 4) is 12.6 Å². The minimum absolute atomic E-state index is 0.750. The molecule has 2 fully saturated rings. The molecule has 2 saturated carbocycles. The number of allylic oxidation sites excluding steroid dienone is 9. The number of hydrogen-bond acceptors (Lipinski definition) is 1. The van der Waals surface area contributed by atoms with Gasteiger partial charge in [-0.05, 0) is 102 Å². The Hall–Kier alpha value is -2.92. The van der Waals surface area contributed by atoms with Gasteiger partial charge in [0.2, 0.25) is 0 Å². The van der Waals surface area contributed by atoms with Crippen molar-refractivity contribution in [2.75, 3.05) is 0 Å². The number of terminal acetylenes is 1. The van der Waals surface area contributed by atoms with Crippen LogP contribution in [0.4, 0.5) is 4.39 Å². The van der Waals surface area contributed by atoms with Gasteiger partial charge in [-0.15, -0.1) is 4.39 Å². The molecule has 230 valence electrons. The zero-order chi connectivity index (χ0) is 31.9. The van der Waals surface area contributed by atoms with Crippen LogP contribution in [0.1, 0.15) is 131 Å². The monoisotopic (exact) mass is 563 g/mol. The molecule has 41 heavy (non-hydrogen) atoms. The van der Waals surface area contributed by atoms with Gasteiger partial charge in [0.25, 0.3) is 0 Å². The van der Waals surface area contributed by atoms with Crippen LogP contribution >= 0.6 is 0 Å². The molecule has 2 aliphatic rings. The van der Waals surface area contributed by atoms with Crippen molar-refractivity contribution >= 4 is 12.3 Å². The number of nitrogens with zero attached hydrogens (tertiary/aromatic N) is 1. The van der Waals surface area contributed by atoms with E-state index in [2.05, 4.69) is 101 Å². The van der Waals surface area contributed by atoms with Gasteiger partial charge in [-0.25, -0.2) is 0 Å². The second kappa shape index (κ2) is 31.6. The summed E-state index contributed by atoms with van der Waals surface area (Å²) in [5, 5.41) is 0. The molecule has 0 amide bonds. The second-order valence-corrected chi connectivity index (χ2v) is 9.52. The average molecular weight is 564 g/mol. The first kappa shape index (κ1) is 42.5. The van der Waals surface area contributed by atoms with Gasteiger partial charge in [0.15, 0.2) is 0 Å². The van der Waals surface area contributed by atoms with E-state index in [1.165, 1.54) is 85.6 Å². The highest BCUT2D eigenvalue weighted by atomic mass is 19.1. The smallest absolute Gasteiger partial charge is 0.102 e. The predicted octanol–water partition coefficient (Wildman–Crippen LogP) is 13.1. The Bertz CT molecular complexity index is 920. The van der Waals surface area contributed by atoms with Crippen LogP contribution in [-0.4, -0.2) is 6.72 Å².